The molecule has 0 aliphatic rings. The largest absolute Gasteiger partial charge is 0.507 e. The van der Waals surface area contributed by atoms with Crippen molar-refractivity contribution in [1.82, 2.24) is 31.2 Å². The molecule has 5 aromatic rings. The van der Waals surface area contributed by atoms with E-state index in [1.165, 1.54) is 23.5 Å². The number of carbonyl (C=O) groups is 4. The van der Waals surface area contributed by atoms with Crippen LogP contribution in [0.2, 0.25) is 0 Å². The molecular weight excluding hydrogens is 962 g/mol. The molecule has 4 amide bonds. The van der Waals surface area contributed by atoms with Gasteiger partial charge in [0.15, 0.2) is 5.84 Å². The Morgan fingerprint density at radius 1 is 0.816 bits per heavy atom. The Morgan fingerprint density at radius 3 is 2.08 bits per heavy atom. The second-order valence-corrected chi connectivity index (χ2v) is 20.4. The van der Waals surface area contributed by atoms with Gasteiger partial charge in [-0.3, -0.25) is 39.9 Å². The number of amides is 4. The van der Waals surface area contributed by atoms with Crippen molar-refractivity contribution >= 4 is 48.5 Å². The van der Waals surface area contributed by atoms with Gasteiger partial charge in [-0.05, 0) is 143 Å². The predicted molar refractivity (Wildman–Crippen MR) is 297 cm³/mol. The van der Waals surface area contributed by atoms with Gasteiger partial charge in [0.2, 0.25) is 5.91 Å². The van der Waals surface area contributed by atoms with E-state index in [0.29, 0.717) is 42.1 Å². The van der Waals surface area contributed by atoms with E-state index >= 15 is 0 Å². The number of aryl methyl sites for hydroxylation is 1. The fourth-order valence-corrected chi connectivity index (χ4v) is 8.46. The molecular formula is C58H75BN9O8. The van der Waals surface area contributed by atoms with Crippen LogP contribution in [0, 0.1) is 23.7 Å². The molecule has 17 nitrogen and oxygen atoms in total. The van der Waals surface area contributed by atoms with Crippen molar-refractivity contribution in [3.63, 3.8) is 0 Å². The van der Waals surface area contributed by atoms with Gasteiger partial charge in [0, 0.05) is 49.1 Å². The Kier molecular flexibility index (Phi) is 21.8. The fourth-order valence-electron chi connectivity index (χ4n) is 8.46. The van der Waals surface area contributed by atoms with Crippen LogP contribution >= 0.6 is 0 Å². The average molecular weight is 1040 g/mol. The summed E-state index contributed by atoms with van der Waals surface area (Å²) in [6.07, 6.45) is 8.67. The minimum Gasteiger partial charge on any atom is -0.507 e. The Hall–Kier alpha value is -7.44. The summed E-state index contributed by atoms with van der Waals surface area (Å²) < 4.78 is 12.5. The highest BCUT2D eigenvalue weighted by Gasteiger charge is 2.41. The number of phenols is 1. The third-order valence-electron chi connectivity index (χ3n) is 13.1. The summed E-state index contributed by atoms with van der Waals surface area (Å²) in [6.45, 7) is 17.8. The number of amidine groups is 2. The van der Waals surface area contributed by atoms with E-state index in [4.69, 9.17) is 20.2 Å². The lowest BCUT2D eigenvalue weighted by Crippen LogP contribution is -2.56. The first-order chi connectivity index (χ1) is 36.1. The van der Waals surface area contributed by atoms with Crippen molar-refractivity contribution in [1.29, 1.82) is 10.8 Å². The average Bonchev–Trinajstić information content (AvgIpc) is 3.38. The third kappa shape index (κ3) is 17.0. The first-order valence-electron chi connectivity index (χ1n) is 26.0. The van der Waals surface area contributed by atoms with E-state index in [1.807, 2.05) is 71.9 Å². The van der Waals surface area contributed by atoms with E-state index in [-0.39, 0.29) is 59.5 Å². The van der Waals surface area contributed by atoms with E-state index in [0.717, 1.165) is 42.4 Å². The number of aromatic hydroxyl groups is 1. The summed E-state index contributed by atoms with van der Waals surface area (Å²) in [4.78, 5) is 62.3. The molecule has 18 heteroatoms. The molecule has 76 heavy (non-hydrogen) atoms. The summed E-state index contributed by atoms with van der Waals surface area (Å²) in [5.74, 6) is -1.99. The second kappa shape index (κ2) is 27.9. The van der Waals surface area contributed by atoms with Crippen LogP contribution in [0.1, 0.15) is 143 Å². The SMILES string of the molecule is CCNC(=O)C(=N)N(C(=N)c1cc(C(C)C)c(C)cc1O)c1ccc(Oc2ccc(C(=O)NCCCCCCC(C)(O[B]C(CC(C)C)NC(=O)C(Cc3ccccc3)NC(=O)c3cnccn3)C(C)(C)O)cc2)cc1. The van der Waals surface area contributed by atoms with Crippen LogP contribution in [0.3, 0.4) is 0 Å². The maximum Gasteiger partial charge on any atom is 0.317 e. The van der Waals surface area contributed by atoms with Crippen LogP contribution in [0.4, 0.5) is 5.69 Å². The summed E-state index contributed by atoms with van der Waals surface area (Å²) in [7, 11) is 1.60. The van der Waals surface area contributed by atoms with Crippen LogP contribution in [-0.4, -0.2) is 99.2 Å². The van der Waals surface area contributed by atoms with Crippen LogP contribution in [0.5, 0.6) is 17.2 Å². The smallest absolute Gasteiger partial charge is 0.317 e. The maximum absolute atomic E-state index is 13.9. The molecule has 1 radical (unpaired) electrons. The summed E-state index contributed by atoms with van der Waals surface area (Å²) >= 11 is 0. The van der Waals surface area contributed by atoms with Crippen LogP contribution in [0.15, 0.2) is 110 Å². The number of carbonyl (C=O) groups excluding carboxylic acids is 4. The van der Waals surface area contributed by atoms with Crippen molar-refractivity contribution in [2.75, 3.05) is 18.0 Å². The topological polar surface area (TPSA) is 252 Å². The number of nitrogens with zero attached hydrogens (tertiary/aromatic N) is 3. The molecule has 3 atom stereocenters. The highest BCUT2D eigenvalue weighted by molar-refractivity contribution is 6.48. The Labute approximate surface area is 448 Å². The van der Waals surface area contributed by atoms with Gasteiger partial charge >= 0.3 is 7.48 Å². The van der Waals surface area contributed by atoms with Gasteiger partial charge < -0.3 is 40.9 Å². The third-order valence-corrected chi connectivity index (χ3v) is 13.1. The monoisotopic (exact) mass is 1040 g/mol. The molecule has 0 fully saturated rings. The van der Waals surface area contributed by atoms with Gasteiger partial charge in [-0.1, -0.05) is 77.3 Å². The number of rotatable bonds is 26. The Morgan fingerprint density at radius 2 is 1.47 bits per heavy atom. The molecule has 4 aromatic carbocycles. The number of aliphatic hydroxyl groups is 1. The summed E-state index contributed by atoms with van der Waals surface area (Å²) in [5, 5.41) is 51.6. The van der Waals surface area contributed by atoms with Gasteiger partial charge in [-0.15, -0.1) is 0 Å². The molecule has 0 aliphatic carbocycles. The summed E-state index contributed by atoms with van der Waals surface area (Å²) in [6, 6.07) is 25.1. The number of likely N-dealkylation sites (N-methyl/N-ethyl adjacent to an activating group) is 1. The molecule has 0 saturated heterocycles. The lowest BCUT2D eigenvalue weighted by molar-refractivity contribution is -0.124. The lowest BCUT2D eigenvalue weighted by atomic mass is 9.76. The van der Waals surface area contributed by atoms with E-state index in [1.54, 1.807) is 88.9 Å². The molecule has 3 unspecified atom stereocenters. The zero-order valence-electron chi connectivity index (χ0n) is 45.3. The van der Waals surface area contributed by atoms with Gasteiger partial charge in [-0.2, -0.15) is 0 Å². The second-order valence-electron chi connectivity index (χ2n) is 20.4. The normalized spacial score (nSPS) is 12.9. The van der Waals surface area contributed by atoms with E-state index in [9.17, 15) is 29.4 Å². The molecule has 403 valence electrons. The molecule has 5 rings (SSSR count). The minimum atomic E-state index is -1.24. The number of ether oxygens (including phenoxy) is 1. The van der Waals surface area contributed by atoms with E-state index in [2.05, 4.69) is 31.2 Å². The number of phenolic OH excluding ortho intramolecular Hbond substituents is 1. The number of benzene rings is 4. The standard InChI is InChI=1S/C58H75BN9O8/c1-10-63-56(73)52(61)68(51(60)46-35-45(38(4)5)39(6)33-49(46)69)42-22-26-44(27-23-42)75-43-24-20-41(21-25-43)53(70)65-29-17-12-11-16-28-58(9,57(7,8)74)76-59-50(32-37(2)3)67-54(71)47(34-40-18-14-13-15-19-40)66-55(72)48-36-62-30-31-64-48/h13-15,18-27,30-31,33,35-38,47,50,60-61,69,74H,10-12,16-17,28-29,32,34H2,1-9H3,(H,63,73)(H,65,70)(H,66,72)(H,67,71). The van der Waals surface area contributed by atoms with Crippen molar-refractivity contribution in [2.45, 2.75) is 136 Å². The number of hydrogen-bond acceptors (Lipinski definition) is 12. The van der Waals surface area contributed by atoms with Gasteiger partial charge in [-0.25, -0.2) is 4.98 Å². The predicted octanol–water partition coefficient (Wildman–Crippen LogP) is 8.73. The molecule has 0 bridgehead atoms. The summed E-state index contributed by atoms with van der Waals surface area (Å²) in [5.41, 5.74) is 1.51. The first kappa shape index (κ1) is 59.4. The Balaban J connectivity index is 1.10. The molecule has 0 saturated carbocycles. The fraction of sp³-hybridized carbons (Fsp3) is 0.414. The highest BCUT2D eigenvalue weighted by atomic mass is 16.5. The highest BCUT2D eigenvalue weighted by Crippen LogP contribution is 2.33. The number of anilines is 1. The van der Waals surface area contributed by atoms with Crippen LogP contribution < -0.4 is 30.9 Å². The molecule has 0 spiro atoms. The van der Waals surface area contributed by atoms with Crippen molar-refractivity contribution in [2.24, 2.45) is 5.92 Å². The minimum absolute atomic E-state index is 0.0956. The van der Waals surface area contributed by atoms with Crippen molar-refractivity contribution in [3.05, 3.63) is 143 Å². The maximum atomic E-state index is 13.9. The van der Waals surface area contributed by atoms with Crippen molar-refractivity contribution < 1.29 is 38.8 Å². The van der Waals surface area contributed by atoms with Crippen LogP contribution in [-0.2, 0) is 20.7 Å². The van der Waals surface area contributed by atoms with Gasteiger partial charge in [0.05, 0.1) is 23.0 Å². The number of unbranched alkanes of at least 4 members (excludes halogenated alkanes) is 3. The van der Waals surface area contributed by atoms with Crippen LogP contribution in [0.25, 0.3) is 0 Å². The number of hydrogen-bond donors (Lipinski definition) is 8. The first-order valence-corrected chi connectivity index (χ1v) is 26.0. The molecule has 8 N–H and O–H groups in total. The number of aromatic nitrogens is 2. The molecule has 0 aliphatic heterocycles. The van der Waals surface area contributed by atoms with Gasteiger partial charge in [0.25, 0.3) is 17.7 Å². The van der Waals surface area contributed by atoms with Gasteiger partial charge in [0.1, 0.15) is 34.8 Å². The zero-order chi connectivity index (χ0) is 55.6. The van der Waals surface area contributed by atoms with E-state index < -0.39 is 40.8 Å². The quantitative estimate of drug-likeness (QED) is 0.0113. The molecule has 1 heterocycles. The lowest BCUT2D eigenvalue weighted by Gasteiger charge is -2.42. The van der Waals surface area contributed by atoms with Crippen molar-refractivity contribution in [3.8, 4) is 17.2 Å². The number of nitrogens with one attached hydrogen (secondary N) is 6. The zero-order valence-corrected chi connectivity index (χ0v) is 45.3. The Bertz CT molecular complexity index is 2740. The molecule has 1 aromatic heterocycles.